The molecule has 9 heteroatoms. The van der Waals surface area contributed by atoms with E-state index in [1.807, 2.05) is 0 Å². The van der Waals surface area contributed by atoms with Crippen LogP contribution in [-0.4, -0.2) is 29.0 Å². The molecule has 3 aromatic rings. The number of phenols is 1. The molecule has 0 saturated carbocycles. The van der Waals surface area contributed by atoms with Crippen molar-refractivity contribution in [1.82, 2.24) is 0 Å². The molecule has 2 heterocycles. The highest BCUT2D eigenvalue weighted by atomic mass is 32.1. The number of primary amides is 1. The van der Waals surface area contributed by atoms with Crippen LogP contribution < -0.4 is 11.1 Å². The Bertz CT molecular complexity index is 1020. The van der Waals surface area contributed by atoms with Crippen molar-refractivity contribution in [3.05, 3.63) is 47.0 Å². The number of hydrogen-bond acceptors (Lipinski definition) is 7. The Labute approximate surface area is 157 Å². The number of carbonyl (C=O) groups is 3. The molecule has 1 atom stereocenters. The highest BCUT2D eigenvalue weighted by molar-refractivity contribution is 7.14. The number of amides is 2. The van der Waals surface area contributed by atoms with E-state index in [4.69, 9.17) is 14.9 Å². The summed E-state index contributed by atoms with van der Waals surface area (Å²) in [7, 11) is 0. The summed E-state index contributed by atoms with van der Waals surface area (Å²) in [5.74, 6) is -1.79. The number of phenolic OH excluding ortho intramolecular Hbond substituents is 1. The smallest absolute Gasteiger partial charge is 0.311 e. The highest BCUT2D eigenvalue weighted by Gasteiger charge is 2.21. The number of furan rings is 1. The van der Waals surface area contributed by atoms with Gasteiger partial charge in [-0.1, -0.05) is 0 Å². The van der Waals surface area contributed by atoms with Crippen molar-refractivity contribution in [3.63, 3.8) is 0 Å². The Morgan fingerprint density at radius 2 is 2.11 bits per heavy atom. The van der Waals surface area contributed by atoms with E-state index in [0.717, 1.165) is 11.3 Å². The Kier molecular flexibility index (Phi) is 5.13. The topological polar surface area (TPSA) is 132 Å². The standard InChI is InChI=1S/C18H16N2O6S/c1-9(17(24)20-18-13(16(19)23)4-5-27-18)26-15(22)6-10-8-25-14-7-11(21)2-3-12(10)14/h2-5,7-9,21H,6H2,1H3,(H2,19,23)(H,20,24)/t9-/m0/s1. The molecule has 4 N–H and O–H groups in total. The monoisotopic (exact) mass is 388 g/mol. The molecule has 0 radical (unpaired) electrons. The van der Waals surface area contributed by atoms with E-state index < -0.39 is 23.9 Å². The molecule has 0 bridgehead atoms. The quantitative estimate of drug-likeness (QED) is 0.556. The van der Waals surface area contributed by atoms with Gasteiger partial charge in [-0.05, 0) is 30.5 Å². The predicted octanol–water partition coefficient (Wildman–Crippen LogP) is 2.41. The van der Waals surface area contributed by atoms with Crippen molar-refractivity contribution in [2.45, 2.75) is 19.4 Å². The third-order valence-electron chi connectivity index (χ3n) is 3.82. The SMILES string of the molecule is C[C@H](OC(=O)Cc1coc2cc(O)ccc12)C(=O)Nc1sccc1C(N)=O. The molecule has 1 aromatic carbocycles. The summed E-state index contributed by atoms with van der Waals surface area (Å²) in [4.78, 5) is 35.6. The van der Waals surface area contributed by atoms with Gasteiger partial charge in [0.25, 0.3) is 11.8 Å². The average molecular weight is 388 g/mol. The van der Waals surface area contributed by atoms with Crippen molar-refractivity contribution >= 4 is 45.1 Å². The highest BCUT2D eigenvalue weighted by Crippen LogP contribution is 2.26. The first-order valence-corrected chi connectivity index (χ1v) is 8.80. The Morgan fingerprint density at radius 1 is 1.33 bits per heavy atom. The third-order valence-corrected chi connectivity index (χ3v) is 4.65. The van der Waals surface area contributed by atoms with Gasteiger partial charge in [0, 0.05) is 17.0 Å². The fourth-order valence-electron chi connectivity index (χ4n) is 2.47. The van der Waals surface area contributed by atoms with Gasteiger partial charge in [0.05, 0.1) is 18.2 Å². The van der Waals surface area contributed by atoms with Gasteiger partial charge >= 0.3 is 5.97 Å². The molecule has 0 aliphatic heterocycles. The number of nitrogens with one attached hydrogen (secondary N) is 1. The number of carbonyl (C=O) groups excluding carboxylic acids is 3. The molecule has 0 aliphatic carbocycles. The first kappa shape index (κ1) is 18.5. The average Bonchev–Trinajstić information content (AvgIpc) is 3.21. The molecule has 27 heavy (non-hydrogen) atoms. The van der Waals surface area contributed by atoms with Gasteiger partial charge in [-0.25, -0.2) is 0 Å². The second kappa shape index (κ2) is 7.50. The summed E-state index contributed by atoms with van der Waals surface area (Å²) < 4.78 is 10.5. The summed E-state index contributed by atoms with van der Waals surface area (Å²) in [5, 5.41) is 14.6. The molecular weight excluding hydrogens is 372 g/mol. The number of nitrogens with two attached hydrogens (primary N) is 1. The van der Waals surface area contributed by atoms with Crippen LogP contribution in [0.2, 0.25) is 0 Å². The van der Waals surface area contributed by atoms with Crippen LogP contribution in [0.25, 0.3) is 11.0 Å². The molecule has 8 nitrogen and oxygen atoms in total. The van der Waals surface area contributed by atoms with Gasteiger partial charge in [-0.3, -0.25) is 14.4 Å². The zero-order chi connectivity index (χ0) is 19.6. The van der Waals surface area contributed by atoms with E-state index in [1.54, 1.807) is 11.4 Å². The molecule has 0 fully saturated rings. The summed E-state index contributed by atoms with van der Waals surface area (Å²) in [5.41, 5.74) is 6.45. The molecule has 0 spiro atoms. The Morgan fingerprint density at radius 3 is 2.85 bits per heavy atom. The van der Waals surface area contributed by atoms with E-state index in [1.165, 1.54) is 31.4 Å². The van der Waals surface area contributed by atoms with Crippen LogP contribution in [0.1, 0.15) is 22.8 Å². The first-order valence-electron chi connectivity index (χ1n) is 7.92. The second-order valence-corrected chi connectivity index (χ2v) is 6.68. The molecule has 140 valence electrons. The van der Waals surface area contributed by atoms with Crippen LogP contribution in [0.4, 0.5) is 5.00 Å². The maximum absolute atomic E-state index is 12.2. The van der Waals surface area contributed by atoms with Crippen LogP contribution in [0.3, 0.4) is 0 Å². The van der Waals surface area contributed by atoms with Gasteiger partial charge in [-0.15, -0.1) is 11.3 Å². The lowest BCUT2D eigenvalue weighted by Gasteiger charge is -2.13. The molecular formula is C18H16N2O6S. The van der Waals surface area contributed by atoms with Crippen LogP contribution >= 0.6 is 11.3 Å². The maximum atomic E-state index is 12.2. The number of esters is 1. The third kappa shape index (κ3) is 4.09. The van der Waals surface area contributed by atoms with E-state index in [0.29, 0.717) is 21.5 Å². The predicted molar refractivity (Wildman–Crippen MR) is 98.6 cm³/mol. The van der Waals surface area contributed by atoms with Crippen LogP contribution in [-0.2, 0) is 20.7 Å². The lowest BCUT2D eigenvalue weighted by molar-refractivity contribution is -0.152. The molecule has 0 aliphatic rings. The van der Waals surface area contributed by atoms with Crippen molar-refractivity contribution < 1.29 is 28.6 Å². The first-order chi connectivity index (χ1) is 12.8. The number of ether oxygens (including phenoxy) is 1. The Balaban J connectivity index is 1.62. The zero-order valence-corrected chi connectivity index (χ0v) is 15.0. The van der Waals surface area contributed by atoms with Crippen molar-refractivity contribution in [2.75, 3.05) is 5.32 Å². The lowest BCUT2D eigenvalue weighted by atomic mass is 10.1. The van der Waals surface area contributed by atoms with Gasteiger partial charge in [-0.2, -0.15) is 0 Å². The van der Waals surface area contributed by atoms with Crippen molar-refractivity contribution in [3.8, 4) is 5.75 Å². The summed E-state index contributed by atoms with van der Waals surface area (Å²) in [6, 6.07) is 6.06. The van der Waals surface area contributed by atoms with Crippen molar-refractivity contribution in [1.29, 1.82) is 0 Å². The maximum Gasteiger partial charge on any atom is 0.311 e. The minimum Gasteiger partial charge on any atom is -0.508 e. The van der Waals surface area contributed by atoms with Gasteiger partial charge in [0.1, 0.15) is 16.3 Å². The number of benzene rings is 1. The largest absolute Gasteiger partial charge is 0.508 e. The summed E-state index contributed by atoms with van der Waals surface area (Å²) in [6.07, 6.45) is 0.240. The van der Waals surface area contributed by atoms with E-state index in [9.17, 15) is 19.5 Å². The lowest BCUT2D eigenvalue weighted by Crippen LogP contribution is -2.30. The second-order valence-electron chi connectivity index (χ2n) is 5.77. The van der Waals surface area contributed by atoms with Crippen LogP contribution in [0, 0.1) is 0 Å². The molecule has 2 aromatic heterocycles. The number of thiophene rings is 1. The van der Waals surface area contributed by atoms with Crippen molar-refractivity contribution in [2.24, 2.45) is 5.73 Å². The van der Waals surface area contributed by atoms with Crippen LogP contribution in [0.5, 0.6) is 5.75 Å². The normalized spacial score (nSPS) is 11.9. The number of anilines is 1. The fourth-order valence-corrected chi connectivity index (χ4v) is 3.27. The molecule has 3 rings (SSSR count). The summed E-state index contributed by atoms with van der Waals surface area (Å²) in [6.45, 7) is 1.43. The van der Waals surface area contributed by atoms with E-state index >= 15 is 0 Å². The minimum absolute atomic E-state index is 0.0557. The minimum atomic E-state index is -1.07. The number of fused-ring (bicyclic) bond motifs is 1. The zero-order valence-electron chi connectivity index (χ0n) is 14.2. The number of aromatic hydroxyl groups is 1. The van der Waals surface area contributed by atoms with E-state index in [2.05, 4.69) is 5.32 Å². The summed E-state index contributed by atoms with van der Waals surface area (Å²) >= 11 is 1.14. The fraction of sp³-hybridized carbons (Fsp3) is 0.167. The van der Waals surface area contributed by atoms with E-state index in [-0.39, 0.29) is 17.7 Å². The molecule has 0 unspecified atom stereocenters. The number of rotatable bonds is 6. The van der Waals surface area contributed by atoms with Gasteiger partial charge < -0.3 is 25.3 Å². The Hall–Kier alpha value is -3.33. The molecule has 2 amide bonds. The van der Waals surface area contributed by atoms with Gasteiger partial charge in [0.2, 0.25) is 0 Å². The van der Waals surface area contributed by atoms with Crippen LogP contribution in [0.15, 0.2) is 40.3 Å². The van der Waals surface area contributed by atoms with Gasteiger partial charge in [0.15, 0.2) is 6.10 Å². The number of hydrogen-bond donors (Lipinski definition) is 3. The molecule has 0 saturated heterocycles.